The van der Waals surface area contributed by atoms with Crippen LogP contribution in [0.1, 0.15) is 56.9 Å². The zero-order valence-electron chi connectivity index (χ0n) is 17.2. The third-order valence-corrected chi connectivity index (χ3v) is 6.31. The van der Waals surface area contributed by atoms with Gasteiger partial charge in [0.25, 0.3) is 5.91 Å². The lowest BCUT2D eigenvalue weighted by Crippen LogP contribution is -2.32. The Morgan fingerprint density at radius 1 is 1.21 bits per heavy atom. The fourth-order valence-electron chi connectivity index (χ4n) is 3.24. The predicted octanol–water partition coefficient (Wildman–Crippen LogP) is 4.44. The van der Waals surface area contributed by atoms with Crippen LogP contribution in [0.4, 0.5) is 0 Å². The quantitative estimate of drug-likeness (QED) is 0.662. The van der Waals surface area contributed by atoms with Crippen LogP contribution in [0, 0.1) is 13.8 Å². The number of benzene rings is 1. The Balaban J connectivity index is 2.06. The maximum Gasteiger partial charge on any atom is 0.325 e. The second-order valence-electron chi connectivity index (χ2n) is 7.15. The minimum absolute atomic E-state index is 0.0554. The molecule has 0 saturated carbocycles. The molecule has 28 heavy (non-hydrogen) atoms. The lowest BCUT2D eigenvalue weighted by molar-refractivity contribution is -0.141. The molecule has 0 bridgehead atoms. The fraction of sp³-hybridized carbons (Fsp3) is 0.455. The van der Waals surface area contributed by atoms with Crippen LogP contribution < -0.4 is 0 Å². The number of carbonyl (C=O) groups is 2. The number of rotatable bonds is 8. The van der Waals surface area contributed by atoms with Crippen molar-refractivity contribution in [1.82, 2.24) is 4.90 Å². The van der Waals surface area contributed by atoms with Crippen molar-refractivity contribution >= 4 is 23.2 Å². The van der Waals surface area contributed by atoms with Crippen molar-refractivity contribution in [1.29, 1.82) is 0 Å². The van der Waals surface area contributed by atoms with Crippen molar-refractivity contribution in [3.8, 4) is 5.75 Å². The zero-order valence-corrected chi connectivity index (χ0v) is 18.1. The van der Waals surface area contributed by atoms with E-state index in [0.29, 0.717) is 16.5 Å². The Morgan fingerprint density at radius 2 is 1.93 bits per heavy atom. The summed E-state index contributed by atoms with van der Waals surface area (Å²) >= 11 is 1.50. The van der Waals surface area contributed by atoms with E-state index >= 15 is 0 Å². The number of nitrogens with zero attached hydrogens (tertiary/aromatic N) is 1. The van der Waals surface area contributed by atoms with Crippen molar-refractivity contribution in [2.45, 2.75) is 46.0 Å². The highest BCUT2D eigenvalue weighted by Crippen LogP contribution is 2.31. The molecule has 6 heteroatoms. The highest BCUT2D eigenvalue weighted by atomic mass is 32.1. The van der Waals surface area contributed by atoms with Gasteiger partial charge in [-0.05, 0) is 67.9 Å². The Morgan fingerprint density at radius 3 is 2.54 bits per heavy atom. The minimum Gasteiger partial charge on any atom is -0.508 e. The van der Waals surface area contributed by atoms with E-state index in [1.165, 1.54) is 33.8 Å². The Kier molecular flexibility index (Phi) is 7.63. The first kappa shape index (κ1) is 22.0. The van der Waals surface area contributed by atoms with Crippen molar-refractivity contribution in [3.05, 3.63) is 50.7 Å². The normalized spacial score (nSPS) is 11.9. The number of ether oxygens (including phenoxy) is 1. The third kappa shape index (κ3) is 5.35. The molecule has 2 aromatic rings. The standard InChI is InChI=1S/C22H29NO4S/c1-6-16(17-8-10-19(24)14(2)11-17)7-9-18-12-15(3)21(28-18)22(26)23(4)13-20(25)27-5/h8,10-12,16,24H,6-7,9,13H2,1-5H3. The predicted molar refractivity (Wildman–Crippen MR) is 112 cm³/mol. The number of carbonyl (C=O) groups excluding carboxylic acids is 2. The number of phenols is 1. The van der Waals surface area contributed by atoms with E-state index in [4.69, 9.17) is 0 Å². The molecule has 0 saturated heterocycles. The maximum absolute atomic E-state index is 12.6. The largest absolute Gasteiger partial charge is 0.508 e. The summed E-state index contributed by atoms with van der Waals surface area (Å²) in [6.07, 6.45) is 2.88. The van der Waals surface area contributed by atoms with Gasteiger partial charge in [0.05, 0.1) is 12.0 Å². The summed E-state index contributed by atoms with van der Waals surface area (Å²) < 4.78 is 4.63. The van der Waals surface area contributed by atoms with Crippen LogP contribution in [-0.4, -0.2) is 42.6 Å². The van der Waals surface area contributed by atoms with Crippen LogP contribution in [0.15, 0.2) is 24.3 Å². The van der Waals surface area contributed by atoms with E-state index in [9.17, 15) is 14.7 Å². The third-order valence-electron chi connectivity index (χ3n) is 5.03. The molecule has 0 radical (unpaired) electrons. The first-order valence-corrected chi connectivity index (χ1v) is 10.3. The molecular weight excluding hydrogens is 374 g/mol. The van der Waals surface area contributed by atoms with E-state index in [1.807, 2.05) is 19.9 Å². The number of likely N-dealkylation sites (N-methyl/N-ethyl adjacent to an activating group) is 1. The summed E-state index contributed by atoms with van der Waals surface area (Å²) in [6.45, 7) is 5.96. The second-order valence-corrected chi connectivity index (χ2v) is 8.29. The molecule has 1 unspecified atom stereocenters. The number of aromatic hydroxyl groups is 1. The summed E-state index contributed by atoms with van der Waals surface area (Å²) in [5.74, 6) is 0.148. The van der Waals surface area contributed by atoms with Gasteiger partial charge in [-0.25, -0.2) is 0 Å². The summed E-state index contributed by atoms with van der Waals surface area (Å²) in [4.78, 5) is 27.3. The number of esters is 1. The summed E-state index contributed by atoms with van der Waals surface area (Å²) in [5, 5.41) is 9.74. The molecule has 0 aliphatic carbocycles. The number of phenolic OH excluding ortho intramolecular Hbond substituents is 1. The smallest absolute Gasteiger partial charge is 0.325 e. The molecule has 1 aromatic heterocycles. The second kappa shape index (κ2) is 9.73. The van der Waals surface area contributed by atoms with E-state index in [0.717, 1.165) is 30.4 Å². The van der Waals surface area contributed by atoms with Crippen molar-refractivity contribution in [2.24, 2.45) is 0 Å². The molecule has 1 heterocycles. The monoisotopic (exact) mass is 403 g/mol. The van der Waals surface area contributed by atoms with Crippen LogP contribution in [0.2, 0.25) is 0 Å². The molecule has 152 valence electrons. The molecule has 0 aliphatic rings. The summed E-state index contributed by atoms with van der Waals surface area (Å²) in [6, 6.07) is 7.88. The van der Waals surface area contributed by atoms with Gasteiger partial charge in [0.15, 0.2) is 0 Å². The highest BCUT2D eigenvalue weighted by molar-refractivity contribution is 7.14. The number of methoxy groups -OCH3 is 1. The van der Waals surface area contributed by atoms with Gasteiger partial charge in [-0.1, -0.05) is 19.1 Å². The van der Waals surface area contributed by atoms with Crippen LogP contribution in [0.3, 0.4) is 0 Å². The zero-order chi connectivity index (χ0) is 20.8. The van der Waals surface area contributed by atoms with Crippen molar-refractivity contribution in [2.75, 3.05) is 20.7 Å². The van der Waals surface area contributed by atoms with E-state index in [2.05, 4.69) is 23.8 Å². The summed E-state index contributed by atoms with van der Waals surface area (Å²) in [7, 11) is 2.92. The summed E-state index contributed by atoms with van der Waals surface area (Å²) in [5.41, 5.74) is 3.07. The number of amides is 1. The number of thiophene rings is 1. The minimum atomic E-state index is -0.430. The Bertz CT molecular complexity index is 843. The van der Waals surface area contributed by atoms with Gasteiger partial charge in [-0.3, -0.25) is 9.59 Å². The van der Waals surface area contributed by atoms with Crippen LogP contribution in [0.25, 0.3) is 0 Å². The molecule has 1 amide bonds. The molecule has 0 spiro atoms. The van der Waals surface area contributed by atoms with Crippen LogP contribution in [-0.2, 0) is 16.0 Å². The number of aryl methyl sites for hydroxylation is 3. The van der Waals surface area contributed by atoms with Gasteiger partial charge in [-0.2, -0.15) is 0 Å². The number of hydrogen-bond acceptors (Lipinski definition) is 5. The molecule has 2 rings (SSSR count). The van der Waals surface area contributed by atoms with Gasteiger partial charge in [0.1, 0.15) is 12.3 Å². The molecule has 1 aromatic carbocycles. The molecule has 1 N–H and O–H groups in total. The van der Waals surface area contributed by atoms with E-state index in [1.54, 1.807) is 13.1 Å². The topological polar surface area (TPSA) is 66.8 Å². The van der Waals surface area contributed by atoms with E-state index < -0.39 is 5.97 Å². The SMILES string of the molecule is CCC(CCc1cc(C)c(C(=O)N(C)CC(=O)OC)s1)c1ccc(O)c(C)c1. The Hall–Kier alpha value is -2.34. The van der Waals surface area contributed by atoms with Crippen molar-refractivity contribution in [3.63, 3.8) is 0 Å². The maximum atomic E-state index is 12.6. The van der Waals surface area contributed by atoms with Crippen LogP contribution in [0.5, 0.6) is 5.75 Å². The van der Waals surface area contributed by atoms with Gasteiger partial charge < -0.3 is 14.7 Å². The number of hydrogen-bond donors (Lipinski definition) is 1. The van der Waals surface area contributed by atoms with Crippen molar-refractivity contribution < 1.29 is 19.4 Å². The first-order valence-electron chi connectivity index (χ1n) is 9.47. The van der Waals surface area contributed by atoms with Gasteiger partial charge >= 0.3 is 5.97 Å². The average Bonchev–Trinajstić information content (AvgIpc) is 3.04. The fourth-order valence-corrected chi connectivity index (χ4v) is 4.42. The lowest BCUT2D eigenvalue weighted by atomic mass is 9.90. The molecule has 0 fully saturated rings. The van der Waals surface area contributed by atoms with Crippen LogP contribution >= 0.6 is 11.3 Å². The highest BCUT2D eigenvalue weighted by Gasteiger charge is 2.20. The molecule has 1 atom stereocenters. The van der Waals surface area contributed by atoms with Gasteiger partial charge in [-0.15, -0.1) is 11.3 Å². The average molecular weight is 404 g/mol. The van der Waals surface area contributed by atoms with Gasteiger partial charge in [0, 0.05) is 11.9 Å². The lowest BCUT2D eigenvalue weighted by Gasteiger charge is -2.16. The Labute approximate surface area is 170 Å². The molecule has 0 aliphatic heterocycles. The molecular formula is C22H29NO4S. The molecule has 5 nitrogen and oxygen atoms in total. The first-order chi connectivity index (χ1) is 13.3. The van der Waals surface area contributed by atoms with E-state index in [-0.39, 0.29) is 12.5 Å². The van der Waals surface area contributed by atoms with Gasteiger partial charge in [0.2, 0.25) is 0 Å².